The van der Waals surface area contributed by atoms with Gasteiger partial charge in [0.1, 0.15) is 5.54 Å². The molecular formula is C15H21NO4S. The Hall–Kier alpha value is -1.40. The van der Waals surface area contributed by atoms with E-state index in [4.69, 9.17) is 0 Å². The smallest absolute Gasteiger partial charge is 0.325 e. The summed E-state index contributed by atoms with van der Waals surface area (Å²) >= 11 is 0. The summed E-state index contributed by atoms with van der Waals surface area (Å²) in [7, 11) is -3.65. The number of benzene rings is 1. The van der Waals surface area contributed by atoms with Crippen LogP contribution < -0.4 is 0 Å². The topological polar surface area (TPSA) is 74.7 Å². The lowest BCUT2D eigenvalue weighted by Gasteiger charge is -2.33. The standard InChI is InChI=1S/C15H21NO4S/c1-3-15(14(17)18)9-6-10-16(15)21(19,20)11-13-8-5-4-7-12(13)2/h4-5,7-8H,3,6,9-11H2,1-2H3,(H,17,18). The summed E-state index contributed by atoms with van der Waals surface area (Å²) in [6, 6.07) is 7.29. The van der Waals surface area contributed by atoms with Gasteiger partial charge in [-0.25, -0.2) is 8.42 Å². The minimum atomic E-state index is -3.65. The van der Waals surface area contributed by atoms with Crippen LogP contribution in [0.1, 0.15) is 37.3 Å². The van der Waals surface area contributed by atoms with Gasteiger partial charge < -0.3 is 5.11 Å². The number of sulfonamides is 1. The number of hydrogen-bond donors (Lipinski definition) is 1. The van der Waals surface area contributed by atoms with Crippen LogP contribution in [-0.4, -0.2) is 35.9 Å². The fraction of sp³-hybridized carbons (Fsp3) is 0.533. The van der Waals surface area contributed by atoms with Gasteiger partial charge in [-0.1, -0.05) is 31.2 Å². The molecule has 5 nitrogen and oxygen atoms in total. The molecular weight excluding hydrogens is 290 g/mol. The molecule has 1 aromatic carbocycles. The molecule has 21 heavy (non-hydrogen) atoms. The second kappa shape index (κ2) is 5.77. The third-order valence-corrected chi connectivity index (χ3v) is 6.23. The zero-order valence-electron chi connectivity index (χ0n) is 12.4. The monoisotopic (exact) mass is 311 g/mol. The van der Waals surface area contributed by atoms with Gasteiger partial charge in [-0.3, -0.25) is 4.79 Å². The van der Waals surface area contributed by atoms with Gasteiger partial charge in [0.05, 0.1) is 5.75 Å². The molecule has 0 bridgehead atoms. The molecule has 1 unspecified atom stereocenters. The molecule has 1 atom stereocenters. The molecule has 0 saturated carbocycles. The van der Waals surface area contributed by atoms with Crippen LogP contribution in [0.3, 0.4) is 0 Å². The van der Waals surface area contributed by atoms with Gasteiger partial charge >= 0.3 is 5.97 Å². The average Bonchev–Trinajstić information content (AvgIpc) is 2.87. The molecule has 1 aliphatic heterocycles. The zero-order chi connectivity index (χ0) is 15.7. The number of carbonyl (C=O) groups is 1. The van der Waals surface area contributed by atoms with Crippen LogP contribution in [0.25, 0.3) is 0 Å². The predicted octanol–water partition coefficient (Wildman–Crippen LogP) is 2.15. The molecule has 1 fully saturated rings. The van der Waals surface area contributed by atoms with E-state index >= 15 is 0 Å². The second-order valence-corrected chi connectivity index (χ2v) is 7.44. The summed E-state index contributed by atoms with van der Waals surface area (Å²) in [5.74, 6) is -1.19. The van der Waals surface area contributed by atoms with E-state index in [9.17, 15) is 18.3 Å². The van der Waals surface area contributed by atoms with E-state index < -0.39 is 21.5 Å². The van der Waals surface area contributed by atoms with Gasteiger partial charge in [0, 0.05) is 6.54 Å². The quantitative estimate of drug-likeness (QED) is 0.904. The van der Waals surface area contributed by atoms with Gasteiger partial charge in [0.15, 0.2) is 0 Å². The molecule has 1 aromatic rings. The highest BCUT2D eigenvalue weighted by Crippen LogP contribution is 2.36. The van der Waals surface area contributed by atoms with Crippen molar-refractivity contribution in [1.29, 1.82) is 0 Å². The molecule has 116 valence electrons. The van der Waals surface area contributed by atoms with Gasteiger partial charge in [-0.15, -0.1) is 0 Å². The fourth-order valence-electron chi connectivity index (χ4n) is 3.02. The first-order valence-corrected chi connectivity index (χ1v) is 8.73. The first-order chi connectivity index (χ1) is 9.83. The van der Waals surface area contributed by atoms with Gasteiger partial charge in [-0.05, 0) is 37.3 Å². The molecule has 1 N–H and O–H groups in total. The Bertz CT molecular complexity index is 641. The molecule has 0 aliphatic carbocycles. The van der Waals surface area contributed by atoms with Crippen molar-refractivity contribution in [2.24, 2.45) is 0 Å². The molecule has 0 spiro atoms. The predicted molar refractivity (Wildman–Crippen MR) is 80.4 cm³/mol. The summed E-state index contributed by atoms with van der Waals surface area (Å²) in [5, 5.41) is 9.51. The summed E-state index contributed by atoms with van der Waals surface area (Å²) < 4.78 is 26.6. The SMILES string of the molecule is CCC1(C(=O)O)CCCN1S(=O)(=O)Cc1ccccc1C. The molecule has 6 heteroatoms. The van der Waals surface area contributed by atoms with E-state index in [0.717, 1.165) is 11.1 Å². The Morgan fingerprint density at radius 1 is 1.38 bits per heavy atom. The normalized spacial score (nSPS) is 23.3. The Balaban J connectivity index is 2.35. The van der Waals surface area contributed by atoms with Gasteiger partial charge in [0.2, 0.25) is 10.0 Å². The van der Waals surface area contributed by atoms with E-state index in [2.05, 4.69) is 0 Å². The van der Waals surface area contributed by atoms with Crippen LogP contribution in [0.4, 0.5) is 0 Å². The maximum absolute atomic E-state index is 12.7. The van der Waals surface area contributed by atoms with E-state index in [1.165, 1.54) is 4.31 Å². The average molecular weight is 311 g/mol. The van der Waals surface area contributed by atoms with Crippen molar-refractivity contribution in [3.8, 4) is 0 Å². The first-order valence-electron chi connectivity index (χ1n) is 7.12. The van der Waals surface area contributed by atoms with Crippen LogP contribution in [0.5, 0.6) is 0 Å². The van der Waals surface area contributed by atoms with Crippen LogP contribution in [-0.2, 0) is 20.6 Å². The van der Waals surface area contributed by atoms with E-state index in [-0.39, 0.29) is 18.7 Å². The van der Waals surface area contributed by atoms with Crippen molar-refractivity contribution in [2.75, 3.05) is 6.54 Å². The first kappa shape index (κ1) is 16.0. The largest absolute Gasteiger partial charge is 0.480 e. The summed E-state index contributed by atoms with van der Waals surface area (Å²) in [4.78, 5) is 11.6. The lowest BCUT2D eigenvalue weighted by molar-refractivity contribution is -0.147. The van der Waals surface area contributed by atoms with Crippen molar-refractivity contribution >= 4 is 16.0 Å². The minimum Gasteiger partial charge on any atom is -0.480 e. The molecule has 1 heterocycles. The number of nitrogens with zero attached hydrogens (tertiary/aromatic N) is 1. The highest BCUT2D eigenvalue weighted by atomic mass is 32.2. The van der Waals surface area contributed by atoms with Crippen molar-refractivity contribution in [3.63, 3.8) is 0 Å². The Kier molecular flexibility index (Phi) is 4.39. The Morgan fingerprint density at radius 2 is 2.05 bits per heavy atom. The highest BCUT2D eigenvalue weighted by Gasteiger charge is 2.51. The lowest BCUT2D eigenvalue weighted by Crippen LogP contribution is -2.52. The van der Waals surface area contributed by atoms with Crippen molar-refractivity contribution in [3.05, 3.63) is 35.4 Å². The number of carboxylic acids is 1. The summed E-state index contributed by atoms with van der Waals surface area (Å²) in [5.41, 5.74) is 0.346. The van der Waals surface area contributed by atoms with Crippen LogP contribution in [0, 0.1) is 6.92 Å². The molecule has 0 aromatic heterocycles. The third-order valence-electron chi connectivity index (χ3n) is 4.35. The lowest BCUT2D eigenvalue weighted by atomic mass is 9.95. The van der Waals surface area contributed by atoms with Crippen molar-refractivity contribution < 1.29 is 18.3 Å². The van der Waals surface area contributed by atoms with E-state index in [1.54, 1.807) is 19.1 Å². The zero-order valence-corrected chi connectivity index (χ0v) is 13.2. The third kappa shape index (κ3) is 2.82. The molecule has 1 saturated heterocycles. The Labute approximate surface area is 125 Å². The van der Waals surface area contributed by atoms with Gasteiger partial charge in [-0.2, -0.15) is 4.31 Å². The van der Waals surface area contributed by atoms with E-state index in [1.807, 2.05) is 19.1 Å². The summed E-state index contributed by atoms with van der Waals surface area (Å²) in [6.07, 6.45) is 1.26. The molecule has 0 amide bonds. The van der Waals surface area contributed by atoms with Crippen LogP contribution in [0.15, 0.2) is 24.3 Å². The molecule has 2 rings (SSSR count). The molecule has 1 aliphatic rings. The van der Waals surface area contributed by atoms with Crippen molar-refractivity contribution in [1.82, 2.24) is 4.31 Å². The van der Waals surface area contributed by atoms with Crippen LogP contribution >= 0.6 is 0 Å². The Morgan fingerprint density at radius 3 is 2.62 bits per heavy atom. The maximum atomic E-state index is 12.7. The number of hydrogen-bond acceptors (Lipinski definition) is 3. The number of rotatable bonds is 5. The minimum absolute atomic E-state index is 0.144. The van der Waals surface area contributed by atoms with Crippen LogP contribution in [0.2, 0.25) is 0 Å². The number of aryl methyl sites for hydroxylation is 1. The number of aliphatic carboxylic acids is 1. The highest BCUT2D eigenvalue weighted by molar-refractivity contribution is 7.88. The van der Waals surface area contributed by atoms with Gasteiger partial charge in [0.25, 0.3) is 0 Å². The fourth-order valence-corrected chi connectivity index (χ4v) is 5.13. The summed E-state index contributed by atoms with van der Waals surface area (Å²) in [6.45, 7) is 3.88. The molecule has 0 radical (unpaired) electrons. The maximum Gasteiger partial charge on any atom is 0.325 e. The number of carboxylic acid groups (broad SMARTS) is 1. The second-order valence-electron chi connectivity index (χ2n) is 5.55. The van der Waals surface area contributed by atoms with Crippen molar-refractivity contribution in [2.45, 2.75) is 44.4 Å². The van der Waals surface area contributed by atoms with E-state index in [0.29, 0.717) is 12.8 Å².